The molecule has 1 aromatic rings. The number of benzene rings is 1. The van der Waals surface area contributed by atoms with Crippen LogP contribution in [0.25, 0.3) is 0 Å². The molecule has 6 nitrogen and oxygen atoms in total. The van der Waals surface area contributed by atoms with Gasteiger partial charge in [-0.15, -0.1) is 23.5 Å². The summed E-state index contributed by atoms with van der Waals surface area (Å²) in [5, 5.41) is 10.3. The first-order valence-electron chi connectivity index (χ1n) is 9.92. The first kappa shape index (κ1) is 22.7. The minimum absolute atomic E-state index is 0.0212. The Bertz CT molecular complexity index is 833. The lowest BCUT2D eigenvalue weighted by atomic mass is 9.70. The molecule has 0 amide bonds. The zero-order valence-electron chi connectivity index (χ0n) is 16.9. The number of ketones is 1. The molecule has 1 saturated heterocycles. The predicted molar refractivity (Wildman–Crippen MR) is 118 cm³/mol. The van der Waals surface area contributed by atoms with Crippen molar-refractivity contribution in [1.82, 2.24) is 0 Å². The van der Waals surface area contributed by atoms with Gasteiger partial charge in [-0.1, -0.05) is 24.8 Å². The van der Waals surface area contributed by atoms with Gasteiger partial charge >= 0.3 is 11.9 Å². The highest BCUT2D eigenvalue weighted by atomic mass is 32.2. The van der Waals surface area contributed by atoms with E-state index in [0.717, 1.165) is 17.9 Å². The Kier molecular flexibility index (Phi) is 7.52. The number of Topliss-reactive ketones (excluding diaryl/α,β-unsaturated/α-hetero) is 1. The van der Waals surface area contributed by atoms with E-state index in [1.165, 1.54) is 12.1 Å². The van der Waals surface area contributed by atoms with Crippen LogP contribution >= 0.6 is 23.5 Å². The lowest BCUT2D eigenvalue weighted by Gasteiger charge is -2.43. The number of aromatic hydroxyl groups is 1. The third kappa shape index (κ3) is 5.03. The van der Waals surface area contributed by atoms with Crippen molar-refractivity contribution in [2.24, 2.45) is 5.92 Å². The summed E-state index contributed by atoms with van der Waals surface area (Å²) in [5.74, 6) is 0.201. The van der Waals surface area contributed by atoms with Crippen LogP contribution in [0.15, 0.2) is 30.9 Å². The number of carbonyl (C=O) groups excluding carboxylic acids is 3. The lowest BCUT2D eigenvalue weighted by molar-refractivity contribution is -0.170. The number of ether oxygens (including phenoxy) is 2. The molecule has 30 heavy (non-hydrogen) atoms. The van der Waals surface area contributed by atoms with Crippen LogP contribution in [0.5, 0.6) is 5.75 Å². The molecule has 1 N–H and O–H groups in total. The van der Waals surface area contributed by atoms with Crippen molar-refractivity contribution in [2.75, 3.05) is 18.1 Å². The van der Waals surface area contributed by atoms with Gasteiger partial charge in [-0.2, -0.15) is 0 Å². The Morgan fingerprint density at radius 2 is 2.03 bits per heavy atom. The van der Waals surface area contributed by atoms with Crippen molar-refractivity contribution in [3.63, 3.8) is 0 Å². The first-order valence-corrected chi connectivity index (χ1v) is 12.0. The second-order valence-electron chi connectivity index (χ2n) is 7.51. The van der Waals surface area contributed by atoms with E-state index < -0.39 is 24.0 Å². The van der Waals surface area contributed by atoms with Gasteiger partial charge in [-0.05, 0) is 37.3 Å². The van der Waals surface area contributed by atoms with E-state index in [0.29, 0.717) is 16.6 Å². The van der Waals surface area contributed by atoms with E-state index in [1.54, 1.807) is 19.1 Å². The Hall–Kier alpha value is -1.93. The number of hydrogen-bond acceptors (Lipinski definition) is 8. The van der Waals surface area contributed by atoms with Crippen molar-refractivity contribution < 1.29 is 29.0 Å². The van der Waals surface area contributed by atoms with Gasteiger partial charge in [-0.25, -0.2) is 0 Å². The van der Waals surface area contributed by atoms with E-state index in [-0.39, 0.29) is 36.0 Å². The SMILES string of the molecule is C=CCOC(=O)CC(=O)O[C@]1(C)c2cccc(O)c2C(=O)C[C@@H]1CC1SCCCS1. The summed E-state index contributed by atoms with van der Waals surface area (Å²) in [5.41, 5.74) is -0.444. The molecule has 1 aliphatic carbocycles. The highest BCUT2D eigenvalue weighted by Gasteiger charge is 2.48. The van der Waals surface area contributed by atoms with E-state index >= 15 is 0 Å². The number of rotatable bonds is 7. The minimum Gasteiger partial charge on any atom is -0.507 e. The molecule has 0 aromatic heterocycles. The molecule has 0 radical (unpaired) electrons. The van der Waals surface area contributed by atoms with Gasteiger partial charge in [0.15, 0.2) is 5.78 Å². The minimum atomic E-state index is -1.13. The molecule has 1 heterocycles. The van der Waals surface area contributed by atoms with Crippen molar-refractivity contribution in [2.45, 2.75) is 42.8 Å². The predicted octanol–water partition coefficient (Wildman–Crippen LogP) is 4.06. The summed E-state index contributed by atoms with van der Waals surface area (Å²) in [6.45, 7) is 5.26. The van der Waals surface area contributed by atoms with Gasteiger partial charge in [0.25, 0.3) is 0 Å². The normalized spacial score (nSPS) is 24.0. The fourth-order valence-corrected chi connectivity index (χ4v) is 6.96. The van der Waals surface area contributed by atoms with E-state index in [4.69, 9.17) is 9.47 Å². The van der Waals surface area contributed by atoms with Gasteiger partial charge in [0, 0.05) is 17.9 Å². The highest BCUT2D eigenvalue weighted by molar-refractivity contribution is 8.17. The summed E-state index contributed by atoms with van der Waals surface area (Å²) in [4.78, 5) is 37.3. The van der Waals surface area contributed by atoms with Crippen LogP contribution in [0.3, 0.4) is 0 Å². The molecular weight excluding hydrogens is 424 g/mol. The Balaban J connectivity index is 1.88. The largest absolute Gasteiger partial charge is 0.507 e. The Morgan fingerprint density at radius 3 is 2.73 bits per heavy atom. The summed E-state index contributed by atoms with van der Waals surface area (Å²) in [6.07, 6.45) is 2.93. The molecule has 0 saturated carbocycles. The summed E-state index contributed by atoms with van der Waals surface area (Å²) in [6, 6.07) is 4.81. The molecule has 0 spiro atoms. The zero-order chi connectivity index (χ0) is 21.7. The van der Waals surface area contributed by atoms with Crippen LogP contribution in [0.4, 0.5) is 0 Å². The number of carbonyl (C=O) groups is 3. The first-order chi connectivity index (χ1) is 14.3. The average molecular weight is 451 g/mol. The van der Waals surface area contributed by atoms with Crippen LogP contribution in [0, 0.1) is 5.92 Å². The molecule has 2 aliphatic rings. The third-order valence-corrected chi connectivity index (χ3v) is 8.41. The molecule has 1 aromatic carbocycles. The molecule has 0 bridgehead atoms. The zero-order valence-corrected chi connectivity index (χ0v) is 18.6. The molecule has 2 atom stereocenters. The van der Waals surface area contributed by atoms with Crippen molar-refractivity contribution in [1.29, 1.82) is 0 Å². The Labute approximate surface area is 184 Å². The topological polar surface area (TPSA) is 89.9 Å². The van der Waals surface area contributed by atoms with Gasteiger partial charge in [-0.3, -0.25) is 14.4 Å². The fraction of sp³-hybridized carbons (Fsp3) is 0.500. The van der Waals surface area contributed by atoms with Crippen LogP contribution in [0.1, 0.15) is 48.5 Å². The monoisotopic (exact) mass is 450 g/mol. The number of hydrogen-bond donors (Lipinski definition) is 1. The molecule has 162 valence electrons. The van der Waals surface area contributed by atoms with Gasteiger partial charge in [0.2, 0.25) is 0 Å². The molecule has 1 aliphatic heterocycles. The molecule has 0 unspecified atom stereocenters. The van der Waals surface area contributed by atoms with Crippen LogP contribution in [0.2, 0.25) is 0 Å². The quantitative estimate of drug-likeness (QED) is 0.378. The maximum Gasteiger partial charge on any atom is 0.318 e. The highest BCUT2D eigenvalue weighted by Crippen LogP contribution is 2.49. The number of thioether (sulfide) groups is 2. The number of phenols is 1. The second-order valence-corrected chi connectivity index (χ2v) is 10.4. The number of phenolic OH excluding ortho intramolecular Hbond substituents is 1. The summed E-state index contributed by atoms with van der Waals surface area (Å²) >= 11 is 3.72. The maximum absolute atomic E-state index is 12.8. The van der Waals surface area contributed by atoms with E-state index in [9.17, 15) is 19.5 Å². The van der Waals surface area contributed by atoms with Gasteiger partial charge in [0.1, 0.15) is 24.4 Å². The summed E-state index contributed by atoms with van der Waals surface area (Å²) in [7, 11) is 0. The molecular formula is C22H26O6S2. The smallest absolute Gasteiger partial charge is 0.318 e. The number of fused-ring (bicyclic) bond motifs is 1. The molecule has 1 fully saturated rings. The fourth-order valence-electron chi connectivity index (χ4n) is 3.93. The Morgan fingerprint density at radius 1 is 1.30 bits per heavy atom. The van der Waals surface area contributed by atoms with E-state index in [1.807, 2.05) is 23.5 Å². The van der Waals surface area contributed by atoms with Crippen LogP contribution in [-0.4, -0.2) is 45.5 Å². The van der Waals surface area contributed by atoms with E-state index in [2.05, 4.69) is 6.58 Å². The van der Waals surface area contributed by atoms with Crippen molar-refractivity contribution >= 4 is 41.2 Å². The maximum atomic E-state index is 12.8. The van der Waals surface area contributed by atoms with Gasteiger partial charge < -0.3 is 14.6 Å². The van der Waals surface area contributed by atoms with Crippen molar-refractivity contribution in [3.8, 4) is 5.75 Å². The average Bonchev–Trinajstić information content (AvgIpc) is 2.71. The standard InChI is InChI=1S/C22H26O6S2/c1-3-8-27-18(25)13-19(26)28-22(2)14(12-20-29-9-5-10-30-20)11-17(24)21-15(22)6-4-7-16(21)23/h3-4,6-7,14,20,23H,1,5,8-13H2,2H3/t14-,22+/m1/s1. The molecule has 3 rings (SSSR count). The van der Waals surface area contributed by atoms with Crippen LogP contribution < -0.4 is 0 Å². The second kappa shape index (κ2) is 9.92. The van der Waals surface area contributed by atoms with Crippen LogP contribution in [-0.2, 0) is 24.7 Å². The molecule has 8 heteroatoms. The summed E-state index contributed by atoms with van der Waals surface area (Å²) < 4.78 is 11.1. The van der Waals surface area contributed by atoms with Gasteiger partial charge in [0.05, 0.1) is 10.1 Å². The van der Waals surface area contributed by atoms with Crippen molar-refractivity contribution in [3.05, 3.63) is 42.0 Å². The number of esters is 2. The third-order valence-electron chi connectivity index (χ3n) is 5.42. The lowest BCUT2D eigenvalue weighted by Crippen LogP contribution is -2.44.